The van der Waals surface area contributed by atoms with Crippen LogP contribution in [0.1, 0.15) is 30.0 Å². The van der Waals surface area contributed by atoms with Crippen molar-refractivity contribution in [3.63, 3.8) is 0 Å². The SMILES string of the molecule is Cc1csc(CC(N)C2CCC2)n1. The van der Waals surface area contributed by atoms with E-state index in [0.29, 0.717) is 6.04 Å². The van der Waals surface area contributed by atoms with Gasteiger partial charge in [0.2, 0.25) is 0 Å². The summed E-state index contributed by atoms with van der Waals surface area (Å²) in [6, 6.07) is 0.347. The normalized spacial score (nSPS) is 19.8. The Labute approximate surface area is 83.2 Å². The Balaban J connectivity index is 1.89. The molecule has 13 heavy (non-hydrogen) atoms. The number of nitrogens with two attached hydrogens (primary N) is 1. The van der Waals surface area contributed by atoms with E-state index in [-0.39, 0.29) is 0 Å². The Kier molecular flexibility index (Phi) is 2.65. The first-order valence-corrected chi connectivity index (χ1v) is 5.80. The van der Waals surface area contributed by atoms with Gasteiger partial charge in [-0.2, -0.15) is 0 Å². The molecule has 1 atom stereocenters. The summed E-state index contributed by atoms with van der Waals surface area (Å²) >= 11 is 1.74. The fourth-order valence-corrected chi connectivity index (χ4v) is 2.58. The Morgan fingerprint density at radius 1 is 1.69 bits per heavy atom. The number of nitrogens with zero attached hydrogens (tertiary/aromatic N) is 1. The van der Waals surface area contributed by atoms with Gasteiger partial charge in [-0.25, -0.2) is 4.98 Å². The summed E-state index contributed by atoms with van der Waals surface area (Å²) < 4.78 is 0. The molecule has 0 radical (unpaired) electrons. The van der Waals surface area contributed by atoms with E-state index in [2.05, 4.69) is 10.4 Å². The lowest BCUT2D eigenvalue weighted by atomic mass is 9.79. The highest BCUT2D eigenvalue weighted by atomic mass is 32.1. The molecule has 0 amide bonds. The standard InChI is InChI=1S/C10H16N2S/c1-7-6-13-10(12-7)5-9(11)8-3-2-4-8/h6,8-9H,2-5,11H2,1H3. The van der Waals surface area contributed by atoms with Crippen molar-refractivity contribution < 1.29 is 0 Å². The van der Waals surface area contributed by atoms with Crippen molar-refractivity contribution in [2.24, 2.45) is 11.7 Å². The Bertz CT molecular complexity index is 278. The lowest BCUT2D eigenvalue weighted by Gasteiger charge is -2.30. The van der Waals surface area contributed by atoms with Gasteiger partial charge in [0.15, 0.2) is 0 Å². The van der Waals surface area contributed by atoms with E-state index in [1.807, 2.05) is 6.92 Å². The molecule has 0 aromatic carbocycles. The first kappa shape index (κ1) is 9.16. The molecule has 0 bridgehead atoms. The number of rotatable bonds is 3. The Morgan fingerprint density at radius 3 is 2.92 bits per heavy atom. The van der Waals surface area contributed by atoms with Gasteiger partial charge >= 0.3 is 0 Å². The molecule has 1 saturated carbocycles. The molecular weight excluding hydrogens is 180 g/mol. The average molecular weight is 196 g/mol. The van der Waals surface area contributed by atoms with E-state index in [1.165, 1.54) is 24.3 Å². The molecule has 0 spiro atoms. The number of thiazole rings is 1. The molecule has 72 valence electrons. The zero-order valence-corrected chi connectivity index (χ0v) is 8.81. The van der Waals surface area contributed by atoms with E-state index in [0.717, 1.165) is 18.0 Å². The second-order valence-electron chi connectivity index (χ2n) is 3.94. The van der Waals surface area contributed by atoms with Crippen LogP contribution in [0.15, 0.2) is 5.38 Å². The highest BCUT2D eigenvalue weighted by molar-refractivity contribution is 7.09. The van der Waals surface area contributed by atoms with Gasteiger partial charge in [-0.1, -0.05) is 6.42 Å². The van der Waals surface area contributed by atoms with Crippen molar-refractivity contribution in [1.29, 1.82) is 0 Å². The fourth-order valence-electron chi connectivity index (χ4n) is 1.73. The molecule has 2 nitrogen and oxygen atoms in total. The van der Waals surface area contributed by atoms with Crippen molar-refractivity contribution in [3.05, 3.63) is 16.1 Å². The molecular formula is C10H16N2S. The zero-order valence-electron chi connectivity index (χ0n) is 7.99. The number of hydrogen-bond donors (Lipinski definition) is 1. The van der Waals surface area contributed by atoms with Crippen molar-refractivity contribution >= 4 is 11.3 Å². The maximum atomic E-state index is 6.09. The summed E-state index contributed by atoms with van der Waals surface area (Å²) in [6.45, 7) is 2.04. The van der Waals surface area contributed by atoms with Gasteiger partial charge in [-0.15, -0.1) is 11.3 Å². The average Bonchev–Trinajstić information content (AvgIpc) is 2.31. The number of hydrogen-bond acceptors (Lipinski definition) is 3. The third-order valence-electron chi connectivity index (χ3n) is 2.83. The van der Waals surface area contributed by atoms with Crippen LogP contribution in [-0.2, 0) is 6.42 Å². The van der Waals surface area contributed by atoms with Gasteiger partial charge < -0.3 is 5.73 Å². The first-order chi connectivity index (χ1) is 6.25. The molecule has 1 aliphatic rings. The molecule has 2 rings (SSSR count). The lowest BCUT2D eigenvalue weighted by molar-refractivity contribution is 0.260. The van der Waals surface area contributed by atoms with Crippen LogP contribution in [0.25, 0.3) is 0 Å². The third-order valence-corrected chi connectivity index (χ3v) is 3.82. The van der Waals surface area contributed by atoms with E-state index in [9.17, 15) is 0 Å². The second-order valence-corrected chi connectivity index (χ2v) is 4.88. The van der Waals surface area contributed by atoms with Crippen molar-refractivity contribution in [2.45, 2.75) is 38.6 Å². The predicted molar refractivity (Wildman–Crippen MR) is 55.9 cm³/mol. The summed E-state index contributed by atoms with van der Waals surface area (Å²) in [6.07, 6.45) is 5.00. The quantitative estimate of drug-likeness (QED) is 0.804. The summed E-state index contributed by atoms with van der Waals surface area (Å²) in [5.74, 6) is 0.768. The fraction of sp³-hybridized carbons (Fsp3) is 0.700. The van der Waals surface area contributed by atoms with E-state index >= 15 is 0 Å². The molecule has 1 aromatic heterocycles. The van der Waals surface area contributed by atoms with Crippen molar-refractivity contribution in [1.82, 2.24) is 4.98 Å². The van der Waals surface area contributed by atoms with Crippen LogP contribution in [0.3, 0.4) is 0 Å². The van der Waals surface area contributed by atoms with Gasteiger partial charge in [0.1, 0.15) is 0 Å². The zero-order chi connectivity index (χ0) is 9.26. The van der Waals surface area contributed by atoms with E-state index in [1.54, 1.807) is 11.3 Å². The van der Waals surface area contributed by atoms with Crippen LogP contribution < -0.4 is 5.73 Å². The van der Waals surface area contributed by atoms with Crippen LogP contribution in [0.2, 0.25) is 0 Å². The summed E-state index contributed by atoms with van der Waals surface area (Å²) in [5.41, 5.74) is 7.21. The highest BCUT2D eigenvalue weighted by Gasteiger charge is 2.24. The smallest absolute Gasteiger partial charge is 0.0943 e. The minimum absolute atomic E-state index is 0.347. The Hall–Kier alpha value is -0.410. The van der Waals surface area contributed by atoms with E-state index in [4.69, 9.17) is 5.73 Å². The van der Waals surface area contributed by atoms with Crippen LogP contribution in [-0.4, -0.2) is 11.0 Å². The number of aromatic nitrogens is 1. The summed E-state index contributed by atoms with van der Waals surface area (Å²) in [5, 5.41) is 3.31. The second kappa shape index (κ2) is 3.76. The van der Waals surface area contributed by atoms with E-state index < -0.39 is 0 Å². The highest BCUT2D eigenvalue weighted by Crippen LogP contribution is 2.30. The number of aryl methyl sites for hydroxylation is 1. The minimum atomic E-state index is 0.347. The minimum Gasteiger partial charge on any atom is -0.327 e. The van der Waals surface area contributed by atoms with Gasteiger partial charge in [-0.3, -0.25) is 0 Å². The van der Waals surface area contributed by atoms with Crippen LogP contribution in [0, 0.1) is 12.8 Å². The molecule has 3 heteroatoms. The maximum Gasteiger partial charge on any atom is 0.0943 e. The largest absolute Gasteiger partial charge is 0.327 e. The predicted octanol–water partition coefficient (Wildman–Crippen LogP) is 2.12. The molecule has 0 saturated heterocycles. The lowest BCUT2D eigenvalue weighted by Crippen LogP contribution is -2.36. The topological polar surface area (TPSA) is 38.9 Å². The molecule has 1 unspecified atom stereocenters. The molecule has 1 aromatic rings. The van der Waals surface area contributed by atoms with Crippen molar-refractivity contribution in [3.8, 4) is 0 Å². The monoisotopic (exact) mass is 196 g/mol. The molecule has 1 fully saturated rings. The van der Waals surface area contributed by atoms with Gasteiger partial charge in [-0.05, 0) is 25.7 Å². The maximum absolute atomic E-state index is 6.09. The molecule has 1 aliphatic carbocycles. The molecule has 1 heterocycles. The van der Waals surface area contributed by atoms with Crippen LogP contribution in [0.5, 0.6) is 0 Å². The molecule has 2 N–H and O–H groups in total. The third kappa shape index (κ3) is 2.09. The van der Waals surface area contributed by atoms with Gasteiger partial charge in [0.25, 0.3) is 0 Å². The first-order valence-electron chi connectivity index (χ1n) is 4.92. The molecule has 0 aliphatic heterocycles. The Morgan fingerprint density at radius 2 is 2.46 bits per heavy atom. The van der Waals surface area contributed by atoms with Crippen LogP contribution >= 0.6 is 11.3 Å². The van der Waals surface area contributed by atoms with Crippen molar-refractivity contribution in [2.75, 3.05) is 0 Å². The summed E-state index contributed by atoms with van der Waals surface area (Å²) in [4.78, 5) is 4.43. The summed E-state index contributed by atoms with van der Waals surface area (Å²) in [7, 11) is 0. The van der Waals surface area contributed by atoms with Gasteiger partial charge in [0, 0.05) is 23.5 Å². The van der Waals surface area contributed by atoms with Crippen LogP contribution in [0.4, 0.5) is 0 Å². The van der Waals surface area contributed by atoms with Gasteiger partial charge in [0.05, 0.1) is 5.01 Å².